The number of benzene rings is 1. The summed E-state index contributed by atoms with van der Waals surface area (Å²) in [5.41, 5.74) is 2.35. The highest BCUT2D eigenvalue weighted by molar-refractivity contribution is 6.41. The van der Waals surface area contributed by atoms with Crippen LogP contribution in [0.4, 0.5) is 8.63 Å². The van der Waals surface area contributed by atoms with E-state index in [1.165, 1.54) is 6.20 Å². The van der Waals surface area contributed by atoms with Gasteiger partial charge in [-0.25, -0.2) is 0 Å². The fourth-order valence-electron chi connectivity index (χ4n) is 3.62. The first kappa shape index (κ1) is 14.3. The predicted molar refractivity (Wildman–Crippen MR) is 88.7 cm³/mol. The van der Waals surface area contributed by atoms with E-state index < -0.39 is 13.6 Å². The monoisotopic (exact) mass is 336 g/mol. The zero-order valence-electron chi connectivity index (χ0n) is 12.9. The Bertz CT molecular complexity index is 1050. The van der Waals surface area contributed by atoms with Gasteiger partial charge in [-0.05, 0) is 42.6 Å². The normalized spacial score (nSPS) is 17.8. The number of hydrogen-bond acceptors (Lipinski definition) is 2. The molecule has 4 heterocycles. The second kappa shape index (κ2) is 4.96. The van der Waals surface area contributed by atoms with Crippen molar-refractivity contribution in [3.63, 3.8) is 0 Å². The van der Waals surface area contributed by atoms with Crippen LogP contribution < -0.4 is 4.74 Å². The van der Waals surface area contributed by atoms with Gasteiger partial charge in [0.05, 0.1) is 16.8 Å². The Morgan fingerprint density at radius 1 is 0.960 bits per heavy atom. The Kier molecular flexibility index (Phi) is 2.83. The van der Waals surface area contributed by atoms with Crippen molar-refractivity contribution in [3.05, 3.63) is 83.4 Å². The van der Waals surface area contributed by atoms with Crippen molar-refractivity contribution in [2.45, 2.75) is 6.23 Å². The molecule has 2 aliphatic rings. The van der Waals surface area contributed by atoms with Crippen molar-refractivity contribution >= 4 is 18.8 Å². The summed E-state index contributed by atoms with van der Waals surface area (Å²) < 4.78 is 35.5. The Labute approximate surface area is 142 Å². The van der Waals surface area contributed by atoms with Gasteiger partial charge in [0.25, 0.3) is 0 Å². The fourth-order valence-corrected chi connectivity index (χ4v) is 3.62. The minimum absolute atomic E-state index is 0.187. The summed E-state index contributed by atoms with van der Waals surface area (Å²) >= 11 is 0. The van der Waals surface area contributed by atoms with Crippen LogP contribution in [-0.2, 0) is 0 Å². The van der Waals surface area contributed by atoms with E-state index in [-0.39, 0.29) is 5.78 Å². The Balaban J connectivity index is 1.80. The van der Waals surface area contributed by atoms with Gasteiger partial charge in [0, 0.05) is 17.5 Å². The number of ketones is 1. The molecule has 1 atom stereocenters. The maximum Gasteiger partial charge on any atom is 0.677 e. The highest BCUT2D eigenvalue weighted by Gasteiger charge is 2.42. The van der Waals surface area contributed by atoms with Gasteiger partial charge < -0.3 is 13.8 Å². The zero-order chi connectivity index (χ0) is 17.1. The average Bonchev–Trinajstić information content (AvgIpc) is 3.30. The fraction of sp³-hybridized carbons (Fsp3) is 0.0556. The highest BCUT2D eigenvalue weighted by atomic mass is 19.2. The van der Waals surface area contributed by atoms with E-state index >= 15 is 0 Å². The number of halogens is 2. The molecule has 0 aliphatic carbocycles. The average molecular weight is 336 g/mol. The van der Waals surface area contributed by atoms with Gasteiger partial charge in [-0.2, -0.15) is 0 Å². The number of nitrogens with zero attached hydrogens (tertiary/aromatic N) is 2. The van der Waals surface area contributed by atoms with Crippen molar-refractivity contribution < 1.29 is 18.2 Å². The lowest BCUT2D eigenvalue weighted by Gasteiger charge is -2.26. The van der Waals surface area contributed by atoms with Gasteiger partial charge in [-0.3, -0.25) is 13.4 Å². The molecule has 0 saturated heterocycles. The highest BCUT2D eigenvalue weighted by Crippen LogP contribution is 2.46. The second-order valence-electron chi connectivity index (χ2n) is 5.96. The molecule has 0 bridgehead atoms. The molecule has 0 spiro atoms. The minimum atomic E-state index is -2.69. The van der Waals surface area contributed by atoms with E-state index in [0.717, 1.165) is 4.48 Å². The van der Waals surface area contributed by atoms with Crippen LogP contribution in [0.2, 0.25) is 0 Å². The van der Waals surface area contributed by atoms with Crippen LogP contribution in [0.1, 0.15) is 28.0 Å². The predicted octanol–water partition coefficient (Wildman–Crippen LogP) is 3.65. The Morgan fingerprint density at radius 3 is 2.56 bits per heavy atom. The van der Waals surface area contributed by atoms with Gasteiger partial charge in [-0.15, -0.1) is 0 Å². The molecule has 0 saturated carbocycles. The second-order valence-corrected chi connectivity index (χ2v) is 5.96. The van der Waals surface area contributed by atoms with Crippen molar-refractivity contribution in [2.24, 2.45) is 0 Å². The summed E-state index contributed by atoms with van der Waals surface area (Å²) in [5, 5.41) is 0. The largest absolute Gasteiger partial charge is 0.677 e. The van der Waals surface area contributed by atoms with Gasteiger partial charge in [0.15, 0.2) is 5.78 Å². The van der Waals surface area contributed by atoms with Crippen LogP contribution in [0.25, 0.3) is 5.57 Å². The van der Waals surface area contributed by atoms with Crippen LogP contribution in [0, 0.1) is 0 Å². The first-order valence-electron chi connectivity index (χ1n) is 7.84. The van der Waals surface area contributed by atoms with E-state index in [4.69, 9.17) is 4.74 Å². The van der Waals surface area contributed by atoms with Crippen molar-refractivity contribution in [1.82, 2.24) is 9.05 Å². The molecule has 1 unspecified atom stereocenters. The van der Waals surface area contributed by atoms with Crippen LogP contribution >= 0.6 is 0 Å². The van der Waals surface area contributed by atoms with Gasteiger partial charge >= 0.3 is 7.40 Å². The third-order valence-electron chi connectivity index (χ3n) is 4.66. The molecule has 7 heteroatoms. The SMILES string of the molecule is O=C1C2=C(c3cccn3B(F)F)c3cccn3C2Oc2ccccc21. The van der Waals surface area contributed by atoms with Crippen LogP contribution in [0.3, 0.4) is 0 Å². The van der Waals surface area contributed by atoms with E-state index in [0.29, 0.717) is 33.8 Å². The topological polar surface area (TPSA) is 36.2 Å². The maximum atomic E-state index is 13.4. The lowest BCUT2D eigenvalue weighted by atomic mass is 9.93. The quantitative estimate of drug-likeness (QED) is 0.670. The van der Waals surface area contributed by atoms with Crippen LogP contribution in [-0.4, -0.2) is 22.2 Å². The summed E-state index contributed by atoms with van der Waals surface area (Å²) in [4.78, 5) is 13.1. The molecular weight excluding hydrogens is 325 g/mol. The summed E-state index contributed by atoms with van der Waals surface area (Å²) in [5.74, 6) is 0.318. The molecule has 0 amide bonds. The third-order valence-corrected chi connectivity index (χ3v) is 4.66. The van der Waals surface area contributed by atoms with Gasteiger partial charge in [0.2, 0.25) is 6.23 Å². The van der Waals surface area contributed by atoms with E-state index in [1.54, 1.807) is 47.2 Å². The van der Waals surface area contributed by atoms with Crippen molar-refractivity contribution in [3.8, 4) is 5.75 Å². The van der Waals surface area contributed by atoms with Crippen molar-refractivity contribution in [1.29, 1.82) is 0 Å². The number of para-hydroxylation sites is 1. The molecule has 0 fully saturated rings. The van der Waals surface area contributed by atoms with Crippen molar-refractivity contribution in [2.75, 3.05) is 0 Å². The lowest BCUT2D eigenvalue weighted by Crippen LogP contribution is -2.25. The smallest absolute Gasteiger partial charge is 0.465 e. The Hall–Kier alpha value is -3.09. The molecular formula is C18H11BF2N2O2. The number of ether oxygens (including phenoxy) is 1. The molecule has 25 heavy (non-hydrogen) atoms. The van der Waals surface area contributed by atoms with E-state index in [1.807, 2.05) is 12.1 Å². The summed E-state index contributed by atoms with van der Waals surface area (Å²) in [6.07, 6.45) is 2.48. The Morgan fingerprint density at radius 2 is 1.72 bits per heavy atom. The molecule has 3 aromatic rings. The minimum Gasteiger partial charge on any atom is -0.465 e. The molecule has 4 nitrogen and oxygen atoms in total. The first-order chi connectivity index (χ1) is 12.2. The number of aromatic nitrogens is 2. The maximum absolute atomic E-state index is 13.4. The van der Waals surface area contributed by atoms with E-state index in [9.17, 15) is 13.4 Å². The number of fused-ring (bicyclic) bond motifs is 4. The molecule has 1 aromatic carbocycles. The molecule has 0 radical (unpaired) electrons. The van der Waals surface area contributed by atoms with Gasteiger partial charge in [0.1, 0.15) is 5.75 Å². The van der Waals surface area contributed by atoms with Gasteiger partial charge in [-0.1, -0.05) is 12.1 Å². The summed E-state index contributed by atoms with van der Waals surface area (Å²) in [7, 11) is -2.69. The number of hydrogen-bond donors (Lipinski definition) is 0. The molecule has 2 aromatic heterocycles. The lowest BCUT2D eigenvalue weighted by molar-refractivity contribution is 0.0912. The number of carbonyl (C=O) groups excluding carboxylic acids is 1. The number of rotatable bonds is 2. The number of Topliss-reactive ketones (excluding diaryl/α,β-unsaturated/α-hetero) is 1. The third kappa shape index (κ3) is 1.83. The summed E-state index contributed by atoms with van der Waals surface area (Å²) in [6, 6.07) is 13.8. The van der Waals surface area contributed by atoms with E-state index in [2.05, 4.69) is 0 Å². The zero-order valence-corrected chi connectivity index (χ0v) is 12.9. The molecule has 0 N–H and O–H groups in total. The number of carbonyl (C=O) groups is 1. The van der Waals surface area contributed by atoms with Crippen LogP contribution in [0.5, 0.6) is 5.75 Å². The molecule has 5 rings (SSSR count). The standard InChI is InChI=1S/C18H11BF2N2O2/c20-19(21)23-10-4-7-13(23)15-12-6-3-9-22(12)18-16(15)17(24)11-5-1-2-8-14(11)25-18/h1-10,18H. The summed E-state index contributed by atoms with van der Waals surface area (Å²) in [6.45, 7) is 0. The first-order valence-corrected chi connectivity index (χ1v) is 7.84. The molecule has 2 aliphatic heterocycles. The molecule has 122 valence electrons. The van der Waals surface area contributed by atoms with Crippen LogP contribution in [0.15, 0.2) is 66.5 Å².